The van der Waals surface area contributed by atoms with Crippen molar-refractivity contribution in [3.63, 3.8) is 0 Å². The number of aliphatic imine (C=N–C) groups is 1. The highest BCUT2D eigenvalue weighted by atomic mass is 35.6. The number of halogens is 4. The molecule has 1 amide bonds. The topological polar surface area (TPSA) is 72.0 Å². The van der Waals surface area contributed by atoms with E-state index < -0.39 is 15.7 Å². The van der Waals surface area contributed by atoms with Crippen LogP contribution in [0, 0.1) is 5.82 Å². The number of benzene rings is 2. The number of anilines is 2. The smallest absolute Gasteiger partial charge is 0.411 e. The molecule has 0 atom stereocenters. The van der Waals surface area contributed by atoms with Gasteiger partial charge in [-0.1, -0.05) is 41.4 Å². The van der Waals surface area contributed by atoms with Crippen molar-refractivity contribution in [2.24, 2.45) is 4.99 Å². The van der Waals surface area contributed by atoms with Crippen molar-refractivity contribution in [3.05, 3.63) is 54.4 Å². The molecular formula is C20H19Cl3FN3O3. The molecule has 0 saturated heterocycles. The first-order valence-electron chi connectivity index (χ1n) is 8.56. The summed E-state index contributed by atoms with van der Waals surface area (Å²) in [6.07, 6.45) is 0.779. The van der Waals surface area contributed by atoms with E-state index in [1.165, 1.54) is 13.2 Å². The highest BCUT2D eigenvalue weighted by Crippen LogP contribution is 2.33. The molecule has 0 aliphatic heterocycles. The number of alkyl halides is 3. The van der Waals surface area contributed by atoms with Crippen molar-refractivity contribution in [3.8, 4) is 5.75 Å². The number of amides is 1. The SMILES string of the molecule is C=C(Nc1ccc(NC(=O)OCC(Cl)(Cl)Cl)cc1)c1c(F)cc(OC)cc1N=CC. The minimum absolute atomic E-state index is 0.214. The second-order valence-corrected chi connectivity index (χ2v) is 8.40. The molecule has 6 nitrogen and oxygen atoms in total. The Morgan fingerprint density at radius 1 is 1.20 bits per heavy atom. The molecule has 0 aromatic heterocycles. The Hall–Kier alpha value is -2.48. The van der Waals surface area contributed by atoms with E-state index in [9.17, 15) is 9.18 Å². The van der Waals surface area contributed by atoms with Gasteiger partial charge in [0, 0.05) is 35.4 Å². The van der Waals surface area contributed by atoms with E-state index >= 15 is 0 Å². The third-order valence-electron chi connectivity index (χ3n) is 3.64. The lowest BCUT2D eigenvalue weighted by atomic mass is 10.1. The van der Waals surface area contributed by atoms with E-state index in [1.807, 2.05) is 0 Å². The van der Waals surface area contributed by atoms with Crippen LogP contribution in [0.2, 0.25) is 0 Å². The van der Waals surface area contributed by atoms with Crippen LogP contribution in [0.4, 0.5) is 26.2 Å². The minimum atomic E-state index is -1.69. The van der Waals surface area contributed by atoms with Gasteiger partial charge in [-0.05, 0) is 31.2 Å². The third-order valence-corrected chi connectivity index (χ3v) is 3.97. The number of rotatable bonds is 7. The van der Waals surface area contributed by atoms with Crippen LogP contribution in [-0.2, 0) is 4.74 Å². The molecule has 2 rings (SSSR count). The Bertz CT molecular complexity index is 945. The van der Waals surface area contributed by atoms with Crippen LogP contribution in [0.15, 0.2) is 48.0 Å². The van der Waals surface area contributed by atoms with Crippen LogP contribution in [0.3, 0.4) is 0 Å². The zero-order valence-corrected chi connectivity index (χ0v) is 18.4. The van der Waals surface area contributed by atoms with Crippen LogP contribution in [0.5, 0.6) is 5.75 Å². The first-order chi connectivity index (χ1) is 14.1. The van der Waals surface area contributed by atoms with Crippen molar-refractivity contribution < 1.29 is 18.7 Å². The lowest BCUT2D eigenvalue weighted by Gasteiger charge is -2.15. The predicted molar refractivity (Wildman–Crippen MR) is 121 cm³/mol. The first kappa shape index (κ1) is 23.8. The standard InChI is InChI=1S/C20H19Cl3FN3O3/c1-4-25-17-10-15(29-3)9-16(24)18(17)12(2)26-13-5-7-14(8-6-13)27-19(28)30-11-20(21,22)23/h4-10,26H,2,11H2,1,3H3,(H,27,28). The summed E-state index contributed by atoms with van der Waals surface area (Å²) in [5, 5.41) is 5.51. The van der Waals surface area contributed by atoms with Crippen LogP contribution in [0.25, 0.3) is 5.70 Å². The lowest BCUT2D eigenvalue weighted by Crippen LogP contribution is -2.21. The molecule has 160 valence electrons. The summed E-state index contributed by atoms with van der Waals surface area (Å²) in [5.74, 6) is -0.177. The predicted octanol–water partition coefficient (Wildman–Crippen LogP) is 6.56. The maximum atomic E-state index is 14.6. The Morgan fingerprint density at radius 2 is 1.80 bits per heavy atom. The highest BCUT2D eigenvalue weighted by molar-refractivity contribution is 6.67. The summed E-state index contributed by atoms with van der Waals surface area (Å²) in [5.41, 5.74) is 1.96. The molecule has 0 aliphatic carbocycles. The van der Waals surface area contributed by atoms with Crippen LogP contribution in [-0.4, -0.2) is 29.8 Å². The zero-order chi connectivity index (χ0) is 22.3. The average molecular weight is 475 g/mol. The largest absolute Gasteiger partial charge is 0.497 e. The number of nitrogens with zero attached hydrogens (tertiary/aromatic N) is 1. The summed E-state index contributed by atoms with van der Waals surface area (Å²) < 4.78 is 22.8. The molecule has 0 unspecified atom stereocenters. The average Bonchev–Trinajstić information content (AvgIpc) is 2.67. The summed E-state index contributed by atoms with van der Waals surface area (Å²) in [7, 11) is 1.45. The Labute approximate surface area is 188 Å². The number of hydrogen-bond donors (Lipinski definition) is 2. The van der Waals surface area contributed by atoms with Gasteiger partial charge in [0.05, 0.1) is 18.4 Å². The third kappa shape index (κ3) is 7.09. The van der Waals surface area contributed by atoms with Gasteiger partial charge in [0.2, 0.25) is 3.79 Å². The molecule has 0 saturated carbocycles. The lowest BCUT2D eigenvalue weighted by molar-refractivity contribution is 0.164. The summed E-state index contributed by atoms with van der Waals surface area (Å²) in [4.78, 5) is 15.9. The number of methoxy groups -OCH3 is 1. The fraction of sp³-hybridized carbons (Fsp3) is 0.200. The van der Waals surface area contributed by atoms with Gasteiger partial charge >= 0.3 is 6.09 Å². The van der Waals surface area contributed by atoms with Crippen molar-refractivity contribution in [1.29, 1.82) is 0 Å². The van der Waals surface area contributed by atoms with Crippen molar-refractivity contribution in [2.45, 2.75) is 10.7 Å². The van der Waals surface area contributed by atoms with E-state index in [4.69, 9.17) is 44.3 Å². The number of carbonyl (C=O) groups excluding carboxylic acids is 1. The normalized spacial score (nSPS) is 11.3. The number of hydrogen-bond acceptors (Lipinski definition) is 5. The first-order valence-corrected chi connectivity index (χ1v) is 9.69. The minimum Gasteiger partial charge on any atom is -0.497 e. The molecule has 0 fully saturated rings. The van der Waals surface area contributed by atoms with E-state index in [1.54, 1.807) is 43.5 Å². The molecule has 0 spiro atoms. The Kier molecular flexibility index (Phi) is 8.34. The van der Waals surface area contributed by atoms with Crippen molar-refractivity contribution in [2.75, 3.05) is 24.4 Å². The van der Waals surface area contributed by atoms with Crippen LogP contribution < -0.4 is 15.4 Å². The molecule has 0 bridgehead atoms. The van der Waals surface area contributed by atoms with Crippen LogP contribution in [0.1, 0.15) is 12.5 Å². The molecule has 30 heavy (non-hydrogen) atoms. The molecule has 10 heteroatoms. The Balaban J connectivity index is 2.09. The van der Waals surface area contributed by atoms with Gasteiger partial charge in [-0.3, -0.25) is 10.3 Å². The fourth-order valence-corrected chi connectivity index (χ4v) is 2.56. The number of ether oxygens (including phenoxy) is 2. The van der Waals surface area contributed by atoms with Gasteiger partial charge in [0.25, 0.3) is 0 Å². The van der Waals surface area contributed by atoms with Gasteiger partial charge in [-0.15, -0.1) is 0 Å². The van der Waals surface area contributed by atoms with Crippen molar-refractivity contribution in [1.82, 2.24) is 0 Å². The highest BCUT2D eigenvalue weighted by Gasteiger charge is 2.22. The Morgan fingerprint density at radius 3 is 2.33 bits per heavy atom. The van der Waals surface area contributed by atoms with Crippen molar-refractivity contribution >= 4 is 69.9 Å². The molecule has 2 N–H and O–H groups in total. The molecule has 2 aromatic rings. The van der Waals surface area contributed by atoms with Gasteiger partial charge in [-0.2, -0.15) is 0 Å². The summed E-state index contributed by atoms with van der Waals surface area (Å²) in [6, 6.07) is 9.43. The van der Waals surface area contributed by atoms with Gasteiger partial charge < -0.3 is 14.8 Å². The second-order valence-electron chi connectivity index (χ2n) is 5.89. The summed E-state index contributed by atoms with van der Waals surface area (Å²) >= 11 is 16.6. The zero-order valence-electron chi connectivity index (χ0n) is 16.1. The van der Waals surface area contributed by atoms with Gasteiger partial charge in [-0.25, -0.2) is 9.18 Å². The molecule has 0 heterocycles. The number of nitrogens with one attached hydrogen (secondary N) is 2. The molecule has 0 aliphatic rings. The fourth-order valence-electron chi connectivity index (χ4n) is 2.40. The molecule has 0 radical (unpaired) electrons. The number of carbonyl (C=O) groups is 1. The van der Waals surface area contributed by atoms with Gasteiger partial charge in [0.15, 0.2) is 0 Å². The quantitative estimate of drug-likeness (QED) is 0.352. The maximum Gasteiger partial charge on any atom is 0.411 e. The van der Waals surface area contributed by atoms with Gasteiger partial charge in [0.1, 0.15) is 18.2 Å². The van der Waals surface area contributed by atoms with E-state index in [2.05, 4.69) is 22.2 Å². The van der Waals surface area contributed by atoms with E-state index in [0.29, 0.717) is 28.5 Å². The molecule has 2 aromatic carbocycles. The summed E-state index contributed by atoms with van der Waals surface area (Å²) in [6.45, 7) is 5.24. The monoisotopic (exact) mass is 473 g/mol. The van der Waals surface area contributed by atoms with Crippen LogP contribution >= 0.6 is 34.8 Å². The molecular weight excluding hydrogens is 456 g/mol. The van der Waals surface area contributed by atoms with E-state index in [0.717, 1.165) is 0 Å². The van der Waals surface area contributed by atoms with E-state index in [-0.39, 0.29) is 12.2 Å². The second kappa shape index (κ2) is 10.5. The maximum absolute atomic E-state index is 14.6.